The molecule has 2 amide bonds. The fraction of sp³-hybridized carbons (Fsp3) is 0.0625. The van der Waals surface area contributed by atoms with Crippen LogP contribution in [0.5, 0.6) is 0 Å². The Morgan fingerprint density at radius 3 is 2.30 bits per heavy atom. The van der Waals surface area contributed by atoms with Gasteiger partial charge in [-0.2, -0.15) is 0 Å². The largest absolute Gasteiger partial charge is 0.298 e. The average molecular weight is 348 g/mol. The van der Waals surface area contributed by atoms with Crippen molar-refractivity contribution in [1.29, 1.82) is 0 Å². The van der Waals surface area contributed by atoms with Gasteiger partial charge in [-0.25, -0.2) is 0 Å². The summed E-state index contributed by atoms with van der Waals surface area (Å²) in [4.78, 5) is 23.9. The van der Waals surface area contributed by atoms with Crippen LogP contribution in [0.15, 0.2) is 48.5 Å². The molecule has 0 atom stereocenters. The van der Waals surface area contributed by atoms with Crippen LogP contribution in [-0.4, -0.2) is 16.9 Å². The van der Waals surface area contributed by atoms with E-state index in [9.17, 15) is 9.59 Å². The maximum absolute atomic E-state index is 11.9. The molecule has 5 nitrogen and oxygen atoms in total. The van der Waals surface area contributed by atoms with Gasteiger partial charge in [0.25, 0.3) is 11.8 Å². The molecule has 0 fully saturated rings. The predicted octanol–water partition coefficient (Wildman–Crippen LogP) is 2.60. The molecule has 0 unspecified atom stereocenters. The molecule has 0 aliphatic rings. The monoisotopic (exact) mass is 347 g/mol. The number of aryl methyl sites for hydroxylation is 1. The van der Waals surface area contributed by atoms with Gasteiger partial charge in [0.05, 0.1) is 0 Å². The first-order valence-electron chi connectivity index (χ1n) is 6.69. The Morgan fingerprint density at radius 1 is 0.957 bits per heavy atom. The van der Waals surface area contributed by atoms with Crippen LogP contribution in [0, 0.1) is 6.92 Å². The molecule has 0 heterocycles. The summed E-state index contributed by atoms with van der Waals surface area (Å²) < 4.78 is 0. The van der Waals surface area contributed by atoms with Gasteiger partial charge in [-0.3, -0.25) is 25.8 Å². The Bertz CT molecular complexity index is 747. The van der Waals surface area contributed by atoms with Crippen molar-refractivity contribution in [3.8, 4) is 0 Å². The van der Waals surface area contributed by atoms with Crippen molar-refractivity contribution in [2.75, 3.05) is 0 Å². The number of carbonyl (C=O) groups is 2. The second-order valence-electron chi connectivity index (χ2n) is 4.74. The minimum Gasteiger partial charge on any atom is -0.298 e. The number of halogens is 1. The third kappa shape index (κ3) is 5.05. The molecule has 2 rings (SSSR count). The van der Waals surface area contributed by atoms with Gasteiger partial charge >= 0.3 is 0 Å². The number of thiocarbonyl (C=S) groups is 1. The number of rotatable bonds is 2. The van der Waals surface area contributed by atoms with Crippen LogP contribution in [0.3, 0.4) is 0 Å². The molecule has 0 bridgehead atoms. The zero-order valence-electron chi connectivity index (χ0n) is 12.2. The standard InChI is InChI=1S/C16H14ClN3O2S/c1-10-3-2-4-12(9-10)15(22)19-20-16(23)18-14(21)11-5-7-13(17)8-6-11/h2-9H,1H3,(H,19,22)(H2,18,20,21,23). The second kappa shape index (κ2) is 7.71. The van der Waals surface area contributed by atoms with Gasteiger partial charge in [0.15, 0.2) is 5.11 Å². The lowest BCUT2D eigenvalue weighted by Crippen LogP contribution is -2.48. The molecule has 0 radical (unpaired) electrons. The quantitative estimate of drug-likeness (QED) is 0.577. The van der Waals surface area contributed by atoms with Crippen LogP contribution in [0.25, 0.3) is 0 Å². The lowest BCUT2D eigenvalue weighted by Gasteiger charge is -2.11. The molecular weight excluding hydrogens is 334 g/mol. The highest BCUT2D eigenvalue weighted by molar-refractivity contribution is 7.80. The maximum atomic E-state index is 11.9. The molecule has 0 aliphatic carbocycles. The van der Waals surface area contributed by atoms with Gasteiger partial charge in [0, 0.05) is 16.1 Å². The summed E-state index contributed by atoms with van der Waals surface area (Å²) in [5.74, 6) is -0.749. The summed E-state index contributed by atoms with van der Waals surface area (Å²) in [6, 6.07) is 13.5. The normalized spacial score (nSPS) is 9.83. The van der Waals surface area contributed by atoms with Crippen molar-refractivity contribution < 1.29 is 9.59 Å². The Kier molecular flexibility index (Phi) is 5.67. The Labute approximate surface area is 144 Å². The summed E-state index contributed by atoms with van der Waals surface area (Å²) in [7, 11) is 0. The number of hydrogen-bond acceptors (Lipinski definition) is 3. The number of amides is 2. The molecule has 118 valence electrons. The van der Waals surface area contributed by atoms with Crippen LogP contribution in [0.4, 0.5) is 0 Å². The third-order valence-corrected chi connectivity index (χ3v) is 3.36. The molecule has 0 aromatic heterocycles. The van der Waals surface area contributed by atoms with Crippen LogP contribution in [0.2, 0.25) is 5.02 Å². The third-order valence-electron chi connectivity index (χ3n) is 2.90. The van der Waals surface area contributed by atoms with E-state index >= 15 is 0 Å². The van der Waals surface area contributed by atoms with E-state index < -0.39 is 5.91 Å². The summed E-state index contributed by atoms with van der Waals surface area (Å²) in [6.45, 7) is 1.89. The van der Waals surface area contributed by atoms with E-state index in [-0.39, 0.29) is 11.0 Å². The Balaban J connectivity index is 1.86. The summed E-state index contributed by atoms with van der Waals surface area (Å²) in [6.07, 6.45) is 0. The Morgan fingerprint density at radius 2 is 1.65 bits per heavy atom. The summed E-state index contributed by atoms with van der Waals surface area (Å²) >= 11 is 10.7. The van der Waals surface area contributed by atoms with Crippen LogP contribution >= 0.6 is 23.8 Å². The number of benzene rings is 2. The van der Waals surface area contributed by atoms with Gasteiger partial charge in [0.2, 0.25) is 0 Å². The molecule has 0 spiro atoms. The van der Waals surface area contributed by atoms with Gasteiger partial charge in [-0.15, -0.1) is 0 Å². The second-order valence-corrected chi connectivity index (χ2v) is 5.58. The molecule has 7 heteroatoms. The summed E-state index contributed by atoms with van der Waals surface area (Å²) in [5, 5.41) is 2.98. The minimum atomic E-state index is -0.399. The molecule has 0 saturated carbocycles. The van der Waals surface area contributed by atoms with E-state index in [0.717, 1.165) is 5.56 Å². The highest BCUT2D eigenvalue weighted by atomic mass is 35.5. The number of carbonyl (C=O) groups excluding carboxylic acids is 2. The van der Waals surface area contributed by atoms with E-state index in [1.807, 2.05) is 13.0 Å². The minimum absolute atomic E-state index is 0.00838. The van der Waals surface area contributed by atoms with Crippen molar-refractivity contribution in [3.05, 3.63) is 70.2 Å². The first-order chi connectivity index (χ1) is 11.0. The maximum Gasteiger partial charge on any atom is 0.269 e. The molecular formula is C16H14ClN3O2S. The fourth-order valence-corrected chi connectivity index (χ4v) is 2.05. The molecule has 2 aromatic rings. The molecule has 3 N–H and O–H groups in total. The van der Waals surface area contributed by atoms with E-state index in [1.54, 1.807) is 42.5 Å². The Hall–Kier alpha value is -2.44. The average Bonchev–Trinajstić information content (AvgIpc) is 2.53. The van der Waals surface area contributed by atoms with Gasteiger partial charge in [0.1, 0.15) is 0 Å². The van der Waals surface area contributed by atoms with Crippen molar-refractivity contribution in [2.24, 2.45) is 0 Å². The lowest BCUT2D eigenvalue weighted by molar-refractivity contribution is 0.0934. The van der Waals surface area contributed by atoms with Crippen molar-refractivity contribution in [3.63, 3.8) is 0 Å². The van der Waals surface area contributed by atoms with E-state index in [2.05, 4.69) is 16.2 Å². The van der Waals surface area contributed by atoms with Crippen molar-refractivity contribution >= 4 is 40.7 Å². The molecule has 2 aromatic carbocycles. The smallest absolute Gasteiger partial charge is 0.269 e. The molecule has 0 aliphatic heterocycles. The molecule has 0 saturated heterocycles. The number of hydrogen-bond donors (Lipinski definition) is 3. The van der Waals surface area contributed by atoms with Crippen molar-refractivity contribution in [1.82, 2.24) is 16.2 Å². The predicted molar refractivity (Wildman–Crippen MR) is 93.3 cm³/mol. The van der Waals surface area contributed by atoms with E-state index in [4.69, 9.17) is 23.8 Å². The SMILES string of the molecule is Cc1cccc(C(=O)NNC(=S)NC(=O)c2ccc(Cl)cc2)c1. The molecule has 23 heavy (non-hydrogen) atoms. The first kappa shape index (κ1) is 16.9. The first-order valence-corrected chi connectivity index (χ1v) is 7.48. The summed E-state index contributed by atoms with van der Waals surface area (Å²) in [5.41, 5.74) is 6.78. The number of hydrazine groups is 1. The van der Waals surface area contributed by atoms with Crippen LogP contribution in [-0.2, 0) is 0 Å². The van der Waals surface area contributed by atoms with Crippen LogP contribution in [0.1, 0.15) is 26.3 Å². The fourth-order valence-electron chi connectivity index (χ4n) is 1.78. The van der Waals surface area contributed by atoms with E-state index in [0.29, 0.717) is 16.1 Å². The van der Waals surface area contributed by atoms with Gasteiger partial charge in [-0.1, -0.05) is 29.3 Å². The van der Waals surface area contributed by atoms with E-state index in [1.165, 1.54) is 0 Å². The lowest BCUT2D eigenvalue weighted by atomic mass is 10.1. The van der Waals surface area contributed by atoms with Gasteiger partial charge in [-0.05, 0) is 55.5 Å². The number of nitrogens with one attached hydrogen (secondary N) is 3. The highest BCUT2D eigenvalue weighted by Crippen LogP contribution is 2.09. The van der Waals surface area contributed by atoms with Crippen LogP contribution < -0.4 is 16.2 Å². The van der Waals surface area contributed by atoms with Gasteiger partial charge < -0.3 is 0 Å². The van der Waals surface area contributed by atoms with Crippen molar-refractivity contribution in [2.45, 2.75) is 6.92 Å². The topological polar surface area (TPSA) is 70.2 Å². The zero-order chi connectivity index (χ0) is 16.8. The highest BCUT2D eigenvalue weighted by Gasteiger charge is 2.09. The zero-order valence-corrected chi connectivity index (χ0v) is 13.8.